The van der Waals surface area contributed by atoms with E-state index in [4.69, 9.17) is 0 Å². The summed E-state index contributed by atoms with van der Waals surface area (Å²) in [7, 11) is 1.37. The number of hydrogen-bond donors (Lipinski definition) is 0. The van der Waals surface area contributed by atoms with Crippen LogP contribution in [-0.2, 0) is 4.74 Å². The first-order valence-corrected chi connectivity index (χ1v) is 5.58. The fraction of sp³-hybridized carbons (Fsp3) is 0.500. The second kappa shape index (κ2) is 3.38. The molecule has 1 aromatic heterocycles. The SMILES string of the molecule is COC(=O)c1nc(C2CC2)c(Br)s1. The van der Waals surface area contributed by atoms with Crippen LogP contribution in [0.4, 0.5) is 0 Å². The van der Waals surface area contributed by atoms with Gasteiger partial charge in [-0.25, -0.2) is 9.78 Å². The molecule has 0 radical (unpaired) electrons. The van der Waals surface area contributed by atoms with Crippen molar-refractivity contribution in [3.8, 4) is 0 Å². The van der Waals surface area contributed by atoms with E-state index in [-0.39, 0.29) is 5.97 Å². The predicted octanol–water partition coefficient (Wildman–Crippen LogP) is 2.57. The van der Waals surface area contributed by atoms with Crippen molar-refractivity contribution < 1.29 is 9.53 Å². The van der Waals surface area contributed by atoms with Crippen molar-refractivity contribution >= 4 is 33.2 Å². The Morgan fingerprint density at radius 2 is 2.38 bits per heavy atom. The fourth-order valence-corrected chi connectivity index (χ4v) is 2.77. The predicted molar refractivity (Wildman–Crippen MR) is 53.1 cm³/mol. The van der Waals surface area contributed by atoms with Crippen LogP contribution in [0, 0.1) is 0 Å². The minimum atomic E-state index is -0.349. The van der Waals surface area contributed by atoms with E-state index in [1.165, 1.54) is 31.3 Å². The van der Waals surface area contributed by atoms with E-state index in [1.807, 2.05) is 0 Å². The van der Waals surface area contributed by atoms with Crippen molar-refractivity contribution in [3.05, 3.63) is 14.5 Å². The van der Waals surface area contributed by atoms with Crippen LogP contribution in [0.2, 0.25) is 0 Å². The van der Waals surface area contributed by atoms with Crippen molar-refractivity contribution in [1.29, 1.82) is 0 Å². The van der Waals surface area contributed by atoms with Gasteiger partial charge in [0, 0.05) is 5.92 Å². The Morgan fingerprint density at radius 3 is 2.92 bits per heavy atom. The number of aromatic nitrogens is 1. The Balaban J connectivity index is 2.28. The molecular formula is C8H8BrNO2S. The second-order valence-electron chi connectivity index (χ2n) is 2.94. The maximum atomic E-state index is 11.1. The zero-order chi connectivity index (χ0) is 9.42. The zero-order valence-corrected chi connectivity index (χ0v) is 9.44. The molecule has 0 spiro atoms. The first kappa shape index (κ1) is 9.15. The Hall–Kier alpha value is -0.420. The highest BCUT2D eigenvalue weighted by Crippen LogP contribution is 2.44. The lowest BCUT2D eigenvalue weighted by Crippen LogP contribution is -2.00. The average Bonchev–Trinajstić information content (AvgIpc) is 2.89. The fourth-order valence-electron chi connectivity index (χ4n) is 1.10. The summed E-state index contributed by atoms with van der Waals surface area (Å²) in [6, 6.07) is 0. The molecule has 1 heterocycles. The zero-order valence-electron chi connectivity index (χ0n) is 7.04. The number of ether oxygens (including phenoxy) is 1. The molecule has 0 atom stereocenters. The van der Waals surface area contributed by atoms with Gasteiger partial charge in [-0.15, -0.1) is 0 Å². The normalized spacial score (nSPS) is 15.8. The van der Waals surface area contributed by atoms with E-state index in [0.717, 1.165) is 9.48 Å². The summed E-state index contributed by atoms with van der Waals surface area (Å²) < 4.78 is 5.56. The number of hydrogen-bond acceptors (Lipinski definition) is 4. The van der Waals surface area contributed by atoms with Crippen molar-refractivity contribution in [2.45, 2.75) is 18.8 Å². The molecular weight excluding hydrogens is 254 g/mol. The van der Waals surface area contributed by atoms with Crippen LogP contribution < -0.4 is 0 Å². The van der Waals surface area contributed by atoms with Gasteiger partial charge in [-0.1, -0.05) is 11.3 Å². The van der Waals surface area contributed by atoms with Crippen LogP contribution in [0.15, 0.2) is 3.79 Å². The largest absolute Gasteiger partial charge is 0.464 e. The summed E-state index contributed by atoms with van der Waals surface area (Å²) in [4.78, 5) is 15.4. The molecule has 3 nitrogen and oxygen atoms in total. The van der Waals surface area contributed by atoms with Gasteiger partial charge in [-0.05, 0) is 28.8 Å². The van der Waals surface area contributed by atoms with Crippen LogP contribution in [0.5, 0.6) is 0 Å². The van der Waals surface area contributed by atoms with E-state index in [9.17, 15) is 4.79 Å². The topological polar surface area (TPSA) is 39.2 Å². The molecule has 1 aliphatic rings. The molecule has 1 saturated carbocycles. The lowest BCUT2D eigenvalue weighted by molar-refractivity contribution is 0.0600. The van der Waals surface area contributed by atoms with Gasteiger partial charge in [-0.2, -0.15) is 0 Å². The van der Waals surface area contributed by atoms with Gasteiger partial charge >= 0.3 is 5.97 Å². The number of halogens is 1. The highest BCUT2D eigenvalue weighted by atomic mass is 79.9. The van der Waals surface area contributed by atoms with Gasteiger partial charge in [0.05, 0.1) is 16.6 Å². The van der Waals surface area contributed by atoms with Crippen LogP contribution in [0.1, 0.15) is 34.3 Å². The van der Waals surface area contributed by atoms with Gasteiger partial charge in [0.15, 0.2) is 0 Å². The molecule has 0 N–H and O–H groups in total. The molecule has 0 bridgehead atoms. The number of methoxy groups -OCH3 is 1. The number of nitrogens with zero attached hydrogens (tertiary/aromatic N) is 1. The third-order valence-electron chi connectivity index (χ3n) is 1.93. The lowest BCUT2D eigenvalue weighted by atomic mass is 10.3. The Morgan fingerprint density at radius 1 is 1.69 bits per heavy atom. The monoisotopic (exact) mass is 261 g/mol. The molecule has 2 rings (SSSR count). The van der Waals surface area contributed by atoms with Gasteiger partial charge in [0.1, 0.15) is 0 Å². The third kappa shape index (κ3) is 1.76. The summed E-state index contributed by atoms with van der Waals surface area (Å²) in [6.07, 6.45) is 2.37. The van der Waals surface area contributed by atoms with E-state index < -0.39 is 0 Å². The van der Waals surface area contributed by atoms with Crippen LogP contribution >= 0.6 is 27.3 Å². The quantitative estimate of drug-likeness (QED) is 0.769. The summed E-state index contributed by atoms with van der Waals surface area (Å²) >= 11 is 4.75. The Kier molecular flexibility index (Phi) is 2.38. The lowest BCUT2D eigenvalue weighted by Gasteiger charge is -1.90. The van der Waals surface area contributed by atoms with Crippen molar-refractivity contribution in [2.75, 3.05) is 7.11 Å². The van der Waals surface area contributed by atoms with Crippen LogP contribution in [0.25, 0.3) is 0 Å². The smallest absolute Gasteiger partial charge is 0.367 e. The average molecular weight is 262 g/mol. The number of rotatable bonds is 2. The first-order valence-electron chi connectivity index (χ1n) is 3.97. The Bertz CT molecular complexity index is 346. The molecule has 1 aliphatic carbocycles. The van der Waals surface area contributed by atoms with E-state index in [0.29, 0.717) is 10.9 Å². The van der Waals surface area contributed by atoms with Gasteiger partial charge in [-0.3, -0.25) is 0 Å². The van der Waals surface area contributed by atoms with Crippen molar-refractivity contribution in [2.24, 2.45) is 0 Å². The molecule has 0 amide bonds. The molecule has 13 heavy (non-hydrogen) atoms. The first-order chi connectivity index (χ1) is 6.22. The summed E-state index contributed by atoms with van der Waals surface area (Å²) in [5.74, 6) is 0.210. The number of esters is 1. The Labute approximate surface area is 88.3 Å². The molecule has 0 aliphatic heterocycles. The minimum absolute atomic E-state index is 0.349. The molecule has 0 saturated heterocycles. The van der Waals surface area contributed by atoms with E-state index in [1.54, 1.807) is 0 Å². The molecule has 1 aromatic rings. The highest BCUT2D eigenvalue weighted by molar-refractivity contribution is 9.11. The molecule has 5 heteroatoms. The van der Waals surface area contributed by atoms with E-state index in [2.05, 4.69) is 25.7 Å². The van der Waals surface area contributed by atoms with Crippen molar-refractivity contribution in [1.82, 2.24) is 4.98 Å². The standard InChI is InChI=1S/C8H8BrNO2S/c1-12-8(11)7-10-5(4-2-3-4)6(9)13-7/h4H,2-3H2,1H3. The second-order valence-corrected chi connectivity index (χ2v) is 5.26. The maximum absolute atomic E-state index is 11.1. The minimum Gasteiger partial charge on any atom is -0.464 e. The maximum Gasteiger partial charge on any atom is 0.367 e. The third-order valence-corrected chi connectivity index (χ3v) is 3.67. The van der Waals surface area contributed by atoms with Gasteiger partial charge in [0.2, 0.25) is 5.01 Å². The van der Waals surface area contributed by atoms with Gasteiger partial charge < -0.3 is 4.74 Å². The highest BCUT2D eigenvalue weighted by Gasteiger charge is 2.30. The van der Waals surface area contributed by atoms with Crippen LogP contribution in [-0.4, -0.2) is 18.1 Å². The molecule has 0 unspecified atom stereocenters. The molecule has 70 valence electrons. The van der Waals surface area contributed by atoms with Gasteiger partial charge in [0.25, 0.3) is 0 Å². The molecule has 0 aromatic carbocycles. The number of carbonyl (C=O) groups is 1. The molecule has 1 fully saturated rings. The summed E-state index contributed by atoms with van der Waals surface area (Å²) in [5, 5.41) is 0.441. The van der Waals surface area contributed by atoms with Crippen LogP contribution in [0.3, 0.4) is 0 Å². The summed E-state index contributed by atoms with van der Waals surface area (Å²) in [6.45, 7) is 0. The number of carbonyl (C=O) groups excluding carboxylic acids is 1. The number of thiazole rings is 1. The van der Waals surface area contributed by atoms with E-state index >= 15 is 0 Å². The van der Waals surface area contributed by atoms with Crippen molar-refractivity contribution in [3.63, 3.8) is 0 Å². The summed E-state index contributed by atoms with van der Waals surface area (Å²) in [5.41, 5.74) is 1.02.